The van der Waals surface area contributed by atoms with Crippen molar-refractivity contribution in [2.75, 3.05) is 0 Å². The lowest BCUT2D eigenvalue weighted by molar-refractivity contribution is 0.137. The molecule has 0 spiro atoms. The van der Waals surface area contributed by atoms with Gasteiger partial charge in [0, 0.05) is 12.4 Å². The van der Waals surface area contributed by atoms with Crippen LogP contribution in [0.3, 0.4) is 0 Å². The van der Waals surface area contributed by atoms with Crippen molar-refractivity contribution in [3.05, 3.63) is 40.0 Å². The fourth-order valence-corrected chi connectivity index (χ4v) is 1.56. The normalized spacial score (nSPS) is 11.9. The number of nitrogens with zero attached hydrogens (tertiary/aromatic N) is 2. The molecule has 2 heterocycles. The van der Waals surface area contributed by atoms with E-state index in [2.05, 4.69) is 4.98 Å². The van der Waals surface area contributed by atoms with Crippen molar-refractivity contribution in [1.82, 2.24) is 9.55 Å². The van der Waals surface area contributed by atoms with Gasteiger partial charge >= 0.3 is 0 Å². The molecular formula is C9H5B2ClN2O2. The predicted molar refractivity (Wildman–Crippen MR) is 62.7 cm³/mol. The average molecular weight is 230 g/mol. The number of aliphatic hydroxyl groups is 1. The van der Waals surface area contributed by atoms with Crippen LogP contribution in [-0.2, 0) is 5.52 Å². The summed E-state index contributed by atoms with van der Waals surface area (Å²) in [6.07, 6.45) is 2.60. The lowest BCUT2D eigenvalue weighted by Gasteiger charge is -2.22. The summed E-state index contributed by atoms with van der Waals surface area (Å²) in [4.78, 5) is 15.6. The van der Waals surface area contributed by atoms with Crippen molar-refractivity contribution in [1.29, 1.82) is 0 Å². The third-order valence-corrected chi connectivity index (χ3v) is 2.35. The van der Waals surface area contributed by atoms with Crippen LogP contribution in [0.25, 0.3) is 10.8 Å². The van der Waals surface area contributed by atoms with E-state index in [0.29, 0.717) is 5.39 Å². The molecule has 0 aliphatic rings. The highest BCUT2D eigenvalue weighted by molar-refractivity contribution is 6.36. The van der Waals surface area contributed by atoms with Gasteiger partial charge in [-0.1, -0.05) is 11.6 Å². The molecule has 0 amide bonds. The molecule has 1 N–H and O–H groups in total. The van der Waals surface area contributed by atoms with Crippen LogP contribution in [-0.4, -0.2) is 30.4 Å². The largest absolute Gasteiger partial charge is 0.389 e. The maximum Gasteiger partial charge on any atom is 0.261 e. The van der Waals surface area contributed by atoms with Gasteiger partial charge < -0.3 is 9.67 Å². The molecule has 16 heavy (non-hydrogen) atoms. The summed E-state index contributed by atoms with van der Waals surface area (Å²) in [5.74, 6) is 0. The van der Waals surface area contributed by atoms with Crippen LogP contribution in [0.4, 0.5) is 0 Å². The summed E-state index contributed by atoms with van der Waals surface area (Å²) in [6, 6.07) is 3.10. The molecule has 0 aliphatic carbocycles. The standard InChI is InChI=1S/C9H5B2ClN2O2/c10-9(11,16)14-2-1-5-3-7(12)13-4-6(5)8(14)15/h1-4,16H. The quantitative estimate of drug-likeness (QED) is 0.552. The van der Waals surface area contributed by atoms with Crippen LogP contribution in [0.5, 0.6) is 0 Å². The Bertz CT molecular complexity index is 606. The van der Waals surface area contributed by atoms with Crippen LogP contribution in [0.2, 0.25) is 5.15 Å². The van der Waals surface area contributed by atoms with Gasteiger partial charge in [0.25, 0.3) is 5.56 Å². The van der Waals surface area contributed by atoms with Crippen molar-refractivity contribution in [3.63, 3.8) is 0 Å². The second kappa shape index (κ2) is 3.64. The van der Waals surface area contributed by atoms with Crippen molar-refractivity contribution < 1.29 is 5.11 Å². The molecule has 0 aromatic carbocycles. The zero-order chi connectivity index (χ0) is 11.9. The highest BCUT2D eigenvalue weighted by Crippen LogP contribution is 2.14. The summed E-state index contributed by atoms with van der Waals surface area (Å²) in [5.41, 5.74) is -2.76. The summed E-state index contributed by atoms with van der Waals surface area (Å²) in [5, 5.41) is 10.5. The number of fused-ring (bicyclic) bond motifs is 1. The van der Waals surface area contributed by atoms with Gasteiger partial charge in [-0.15, -0.1) is 0 Å². The Labute approximate surface area is 98.7 Å². The van der Waals surface area contributed by atoms with Gasteiger partial charge in [-0.05, 0) is 17.5 Å². The molecule has 76 valence electrons. The number of halogens is 1. The van der Waals surface area contributed by atoms with Crippen molar-refractivity contribution in [2.45, 2.75) is 5.52 Å². The van der Waals surface area contributed by atoms with E-state index in [0.717, 1.165) is 4.57 Å². The number of rotatable bonds is 1. The van der Waals surface area contributed by atoms with Gasteiger partial charge in [0.2, 0.25) is 0 Å². The number of hydrogen-bond donors (Lipinski definition) is 1. The van der Waals surface area contributed by atoms with Crippen molar-refractivity contribution >= 4 is 38.1 Å². The first-order chi connectivity index (χ1) is 7.39. The topological polar surface area (TPSA) is 55.1 Å². The Kier molecular flexibility index (Phi) is 2.56. The predicted octanol–water partition coefficient (Wildman–Crippen LogP) is -0.0530. The minimum Gasteiger partial charge on any atom is -0.389 e. The first-order valence-corrected chi connectivity index (χ1v) is 4.75. The molecule has 0 aliphatic heterocycles. The van der Waals surface area contributed by atoms with Gasteiger partial charge in [-0.3, -0.25) is 4.79 Å². The SMILES string of the molecule is [B]C([B])(O)n1ccc2cc(Cl)ncc2c1=O. The molecule has 0 saturated heterocycles. The van der Waals surface area contributed by atoms with Gasteiger partial charge in [0.05, 0.1) is 10.9 Å². The Morgan fingerprint density at radius 1 is 1.50 bits per heavy atom. The van der Waals surface area contributed by atoms with Crippen LogP contribution < -0.4 is 5.56 Å². The fraction of sp³-hybridized carbons (Fsp3) is 0.111. The summed E-state index contributed by atoms with van der Waals surface area (Å²) < 4.78 is 0.810. The van der Waals surface area contributed by atoms with E-state index in [1.807, 2.05) is 0 Å². The zero-order valence-corrected chi connectivity index (χ0v) is 8.85. The van der Waals surface area contributed by atoms with Crippen LogP contribution >= 0.6 is 11.6 Å². The van der Waals surface area contributed by atoms with E-state index < -0.39 is 11.1 Å². The number of hydrogen-bond acceptors (Lipinski definition) is 3. The van der Waals surface area contributed by atoms with Gasteiger partial charge in [-0.2, -0.15) is 0 Å². The highest BCUT2D eigenvalue weighted by atomic mass is 35.5. The summed E-state index contributed by atoms with van der Waals surface area (Å²) in [7, 11) is 10.5. The monoisotopic (exact) mass is 230 g/mol. The second-order valence-electron chi connectivity index (χ2n) is 3.37. The fourth-order valence-electron chi connectivity index (χ4n) is 1.40. The molecule has 0 saturated carbocycles. The van der Waals surface area contributed by atoms with E-state index in [1.165, 1.54) is 18.5 Å². The van der Waals surface area contributed by atoms with E-state index in [1.54, 1.807) is 6.07 Å². The summed E-state index contributed by atoms with van der Waals surface area (Å²) >= 11 is 5.68. The minimum atomic E-state index is -2.23. The molecule has 0 atom stereocenters. The Morgan fingerprint density at radius 3 is 2.81 bits per heavy atom. The first-order valence-electron chi connectivity index (χ1n) is 4.37. The van der Waals surface area contributed by atoms with E-state index in [-0.39, 0.29) is 10.5 Å². The zero-order valence-electron chi connectivity index (χ0n) is 8.09. The molecule has 0 unspecified atom stereocenters. The van der Waals surface area contributed by atoms with Crippen molar-refractivity contribution in [3.8, 4) is 0 Å². The highest BCUT2D eigenvalue weighted by Gasteiger charge is 2.16. The smallest absolute Gasteiger partial charge is 0.261 e. The van der Waals surface area contributed by atoms with Crippen LogP contribution in [0.1, 0.15) is 0 Å². The molecule has 4 radical (unpaired) electrons. The average Bonchev–Trinajstić information content (AvgIpc) is 2.15. The minimum absolute atomic E-state index is 0.278. The van der Waals surface area contributed by atoms with Gasteiger partial charge in [-0.25, -0.2) is 4.98 Å². The van der Waals surface area contributed by atoms with E-state index >= 15 is 0 Å². The van der Waals surface area contributed by atoms with E-state index in [9.17, 15) is 9.90 Å². The second-order valence-corrected chi connectivity index (χ2v) is 3.76. The lowest BCUT2D eigenvalue weighted by atomic mass is 9.73. The van der Waals surface area contributed by atoms with Crippen molar-refractivity contribution in [2.24, 2.45) is 0 Å². The molecule has 7 heteroatoms. The van der Waals surface area contributed by atoms with E-state index in [4.69, 9.17) is 27.3 Å². The molecule has 2 aromatic heterocycles. The molecule has 2 aromatic rings. The Hall–Kier alpha value is -1.26. The lowest BCUT2D eigenvalue weighted by Crippen LogP contribution is -2.41. The first kappa shape index (κ1) is 11.2. The maximum absolute atomic E-state index is 11.8. The Balaban J connectivity index is 2.81. The molecular weight excluding hydrogens is 225 g/mol. The van der Waals surface area contributed by atoms with Crippen LogP contribution in [0.15, 0.2) is 29.3 Å². The number of aromatic nitrogens is 2. The van der Waals surface area contributed by atoms with Gasteiger partial charge in [0.1, 0.15) is 20.8 Å². The third-order valence-electron chi connectivity index (χ3n) is 2.14. The molecule has 2 rings (SSSR count). The number of pyridine rings is 2. The molecule has 4 nitrogen and oxygen atoms in total. The molecule has 0 fully saturated rings. The third kappa shape index (κ3) is 1.86. The maximum atomic E-state index is 11.8. The molecule has 0 bridgehead atoms. The van der Waals surface area contributed by atoms with Gasteiger partial charge in [0.15, 0.2) is 0 Å². The van der Waals surface area contributed by atoms with Crippen LogP contribution in [0, 0.1) is 0 Å². The Morgan fingerprint density at radius 2 is 2.19 bits per heavy atom. The summed E-state index contributed by atoms with van der Waals surface area (Å²) in [6.45, 7) is 0.